The molecule has 0 fully saturated rings. The van der Waals surface area contributed by atoms with E-state index in [0.717, 1.165) is 64.2 Å². The second-order valence-corrected chi connectivity index (χ2v) is 18.9. The molecule has 0 rings (SSSR count). The van der Waals surface area contributed by atoms with E-state index in [1.165, 1.54) is 122 Å². The van der Waals surface area contributed by atoms with Gasteiger partial charge in [0, 0.05) is 6.42 Å². The predicted molar refractivity (Wildman–Crippen MR) is 249 cm³/mol. The highest BCUT2D eigenvalue weighted by Crippen LogP contribution is 2.43. The summed E-state index contributed by atoms with van der Waals surface area (Å²) in [7, 11) is 1.54. The molecule has 0 spiro atoms. The molecule has 0 aliphatic heterocycles. The van der Waals surface area contributed by atoms with Crippen LogP contribution >= 0.6 is 7.82 Å². The van der Waals surface area contributed by atoms with Crippen molar-refractivity contribution in [1.82, 2.24) is 5.32 Å². The molecule has 0 saturated carbocycles. The van der Waals surface area contributed by atoms with Crippen LogP contribution < -0.4 is 5.32 Å². The third kappa shape index (κ3) is 42.6. The Labute approximate surface area is 359 Å². The Hall–Kier alpha value is -1.54. The summed E-state index contributed by atoms with van der Waals surface area (Å²) >= 11 is 0. The smallest absolute Gasteiger partial charge is 0.387 e. The van der Waals surface area contributed by atoms with Gasteiger partial charge in [-0.2, -0.15) is 0 Å². The van der Waals surface area contributed by atoms with Gasteiger partial charge in [-0.1, -0.05) is 184 Å². The number of amides is 1. The zero-order valence-electron chi connectivity index (χ0n) is 38.5. The van der Waals surface area contributed by atoms with Crippen LogP contribution in [0.2, 0.25) is 0 Å². The van der Waals surface area contributed by atoms with Crippen LogP contribution in [0.25, 0.3) is 0 Å². The zero-order chi connectivity index (χ0) is 42.8. The van der Waals surface area contributed by atoms with Crippen molar-refractivity contribution in [1.29, 1.82) is 0 Å². The lowest BCUT2D eigenvalue weighted by Crippen LogP contribution is -2.45. The quantitative estimate of drug-likeness (QED) is 0.0244. The number of carbonyl (C=O) groups is 1. The van der Waals surface area contributed by atoms with Crippen molar-refractivity contribution in [2.75, 3.05) is 40.9 Å². The van der Waals surface area contributed by atoms with Gasteiger partial charge in [-0.3, -0.25) is 13.8 Å². The van der Waals surface area contributed by atoms with Gasteiger partial charge in [0.15, 0.2) is 0 Å². The van der Waals surface area contributed by atoms with Crippen molar-refractivity contribution < 1.29 is 32.9 Å². The van der Waals surface area contributed by atoms with Crippen LogP contribution in [0.4, 0.5) is 0 Å². The highest BCUT2D eigenvalue weighted by Gasteiger charge is 2.27. The number of carbonyl (C=O) groups excluding carboxylic acids is 1. The largest absolute Gasteiger partial charge is 0.472 e. The minimum atomic E-state index is -4.35. The van der Waals surface area contributed by atoms with Gasteiger partial charge in [-0.25, -0.2) is 4.57 Å². The number of hydrogen-bond donors (Lipinski definition) is 3. The van der Waals surface area contributed by atoms with Crippen LogP contribution in [0.15, 0.2) is 48.6 Å². The Kier molecular flexibility index (Phi) is 39.8. The Morgan fingerprint density at radius 1 is 0.586 bits per heavy atom. The molecule has 340 valence electrons. The first-order valence-corrected chi connectivity index (χ1v) is 25.5. The van der Waals surface area contributed by atoms with Crippen molar-refractivity contribution in [2.24, 2.45) is 0 Å². The molecule has 8 nitrogen and oxygen atoms in total. The molecule has 0 aromatic carbocycles. The Morgan fingerprint density at radius 3 is 1.52 bits per heavy atom. The Balaban J connectivity index is 4.43. The third-order valence-corrected chi connectivity index (χ3v) is 11.5. The molecule has 58 heavy (non-hydrogen) atoms. The minimum absolute atomic E-state index is 0.0521. The van der Waals surface area contributed by atoms with E-state index >= 15 is 0 Å². The van der Waals surface area contributed by atoms with Crippen LogP contribution in [0.1, 0.15) is 206 Å². The van der Waals surface area contributed by atoms with E-state index in [-0.39, 0.29) is 19.1 Å². The van der Waals surface area contributed by atoms with Gasteiger partial charge in [-0.05, 0) is 64.2 Å². The third-order valence-electron chi connectivity index (χ3n) is 10.5. The molecule has 3 atom stereocenters. The number of allylic oxidation sites excluding steroid dienone is 7. The van der Waals surface area contributed by atoms with E-state index in [9.17, 15) is 19.4 Å². The number of phosphoric acid groups is 1. The van der Waals surface area contributed by atoms with Crippen molar-refractivity contribution in [3.8, 4) is 0 Å². The number of quaternary nitrogens is 1. The van der Waals surface area contributed by atoms with Crippen molar-refractivity contribution in [2.45, 2.75) is 219 Å². The van der Waals surface area contributed by atoms with Gasteiger partial charge in [0.05, 0.1) is 39.9 Å². The number of aliphatic hydroxyl groups excluding tert-OH is 1. The molecule has 0 aliphatic carbocycles. The monoisotopic (exact) mass is 838 g/mol. The first kappa shape index (κ1) is 56.5. The number of nitrogens with one attached hydrogen (secondary N) is 1. The second-order valence-electron chi connectivity index (χ2n) is 17.5. The summed E-state index contributed by atoms with van der Waals surface area (Å²) in [4.78, 5) is 23.1. The molecule has 3 N–H and O–H groups in total. The van der Waals surface area contributed by atoms with Crippen molar-refractivity contribution >= 4 is 13.7 Å². The molecule has 0 aliphatic rings. The summed E-state index contributed by atoms with van der Waals surface area (Å²) in [6.07, 6.45) is 51.9. The van der Waals surface area contributed by atoms with Gasteiger partial charge >= 0.3 is 7.82 Å². The number of unbranched alkanes of at least 4 members (excludes halogenated alkanes) is 24. The van der Waals surface area contributed by atoms with Gasteiger partial charge in [0.2, 0.25) is 5.91 Å². The summed E-state index contributed by atoms with van der Waals surface area (Å²) in [6, 6.07) is -0.871. The zero-order valence-corrected chi connectivity index (χ0v) is 39.4. The lowest BCUT2D eigenvalue weighted by molar-refractivity contribution is -0.870. The fourth-order valence-corrected chi connectivity index (χ4v) is 7.41. The minimum Gasteiger partial charge on any atom is -0.387 e. The number of nitrogens with zero attached hydrogens (tertiary/aromatic N) is 1. The molecule has 9 heteroatoms. The van der Waals surface area contributed by atoms with Crippen LogP contribution in [-0.2, 0) is 18.4 Å². The summed E-state index contributed by atoms with van der Waals surface area (Å²) in [5.41, 5.74) is 0. The molecule has 3 unspecified atom stereocenters. The number of likely N-dealkylation sites (N-methyl/N-ethyl adjacent to an activating group) is 1. The van der Waals surface area contributed by atoms with Crippen LogP contribution in [-0.4, -0.2) is 73.4 Å². The standard InChI is InChI=1S/C49H93N2O6P/c1-6-8-10-12-14-16-18-20-22-23-24-25-26-27-29-30-32-34-36-38-40-42-48(52)47(46-57-58(54,55)56-45-44-51(3,4)5)50-49(53)43-41-39-37-35-33-31-28-21-19-17-15-13-11-9-7-2/h15,17,21,28,32,34,40,42,47-48,52H,6-14,16,18-20,22-27,29-31,33,35-39,41,43-46H2,1-5H3,(H-,50,53,54,55)/p+1/b17-15-,28-21-,34-32+,42-40+. The summed E-state index contributed by atoms with van der Waals surface area (Å²) < 4.78 is 23.6. The highest BCUT2D eigenvalue weighted by atomic mass is 31.2. The maximum atomic E-state index is 12.9. The van der Waals surface area contributed by atoms with Gasteiger partial charge < -0.3 is 19.8 Å². The fraction of sp³-hybridized carbons (Fsp3) is 0.816. The molecule has 1 amide bonds. The van der Waals surface area contributed by atoms with Gasteiger partial charge in [0.1, 0.15) is 13.2 Å². The second kappa shape index (κ2) is 40.8. The maximum Gasteiger partial charge on any atom is 0.472 e. The van der Waals surface area contributed by atoms with Gasteiger partial charge in [-0.15, -0.1) is 0 Å². The SMILES string of the molecule is CCCCC/C=C\C/C=C\CCCCCCCC(=O)NC(COP(=O)(O)OCC[N+](C)(C)C)C(O)/C=C/CC/C=C/CCCCCCCCCCCCCCCCC. The van der Waals surface area contributed by atoms with Crippen LogP contribution in [0, 0.1) is 0 Å². The first-order chi connectivity index (χ1) is 28.0. The molecule has 0 heterocycles. The lowest BCUT2D eigenvalue weighted by atomic mass is 10.0. The average molecular weight is 838 g/mol. The molecule has 0 bridgehead atoms. The maximum absolute atomic E-state index is 12.9. The van der Waals surface area contributed by atoms with E-state index in [0.29, 0.717) is 17.4 Å². The highest BCUT2D eigenvalue weighted by molar-refractivity contribution is 7.47. The number of phosphoric ester groups is 1. The van der Waals surface area contributed by atoms with E-state index in [4.69, 9.17) is 9.05 Å². The first-order valence-electron chi connectivity index (χ1n) is 24.0. The van der Waals surface area contributed by atoms with Gasteiger partial charge in [0.25, 0.3) is 0 Å². The molecule has 0 saturated heterocycles. The molecular formula is C49H94N2O6P+. The van der Waals surface area contributed by atoms with Crippen molar-refractivity contribution in [3.63, 3.8) is 0 Å². The fourth-order valence-electron chi connectivity index (χ4n) is 6.67. The van der Waals surface area contributed by atoms with E-state index in [1.54, 1.807) is 6.08 Å². The summed E-state index contributed by atoms with van der Waals surface area (Å²) in [5, 5.41) is 13.8. The van der Waals surface area contributed by atoms with E-state index in [1.807, 2.05) is 27.2 Å². The number of aliphatic hydroxyl groups is 1. The normalized spacial score (nSPS) is 14.7. The van der Waals surface area contributed by atoms with E-state index in [2.05, 4.69) is 55.6 Å². The predicted octanol–water partition coefficient (Wildman–Crippen LogP) is 13.6. The summed E-state index contributed by atoms with van der Waals surface area (Å²) in [6.45, 7) is 4.76. The summed E-state index contributed by atoms with van der Waals surface area (Å²) in [5.74, 6) is -0.202. The topological polar surface area (TPSA) is 105 Å². The molecule has 0 radical (unpaired) electrons. The van der Waals surface area contributed by atoms with Crippen molar-refractivity contribution in [3.05, 3.63) is 48.6 Å². The average Bonchev–Trinajstić information content (AvgIpc) is 3.17. The Morgan fingerprint density at radius 2 is 1.00 bits per heavy atom. The van der Waals surface area contributed by atoms with Crippen LogP contribution in [0.3, 0.4) is 0 Å². The number of hydrogen-bond acceptors (Lipinski definition) is 5. The molecule has 0 aromatic rings. The Bertz CT molecular complexity index is 1090. The van der Waals surface area contributed by atoms with Crippen LogP contribution in [0.5, 0.6) is 0 Å². The molecular weight excluding hydrogens is 744 g/mol. The van der Waals surface area contributed by atoms with E-state index < -0.39 is 20.0 Å². The number of rotatable bonds is 43. The lowest BCUT2D eigenvalue weighted by Gasteiger charge is -2.25. The molecule has 0 aromatic heterocycles.